The number of halogens is 3. The highest BCUT2D eigenvalue weighted by Gasteiger charge is 2.43. The van der Waals surface area contributed by atoms with Crippen LogP contribution in [0.1, 0.15) is 12.5 Å². The lowest BCUT2D eigenvalue weighted by Gasteiger charge is -2.21. The summed E-state index contributed by atoms with van der Waals surface area (Å²) < 4.78 is 42.0. The molecule has 0 aliphatic heterocycles. The fourth-order valence-corrected chi connectivity index (χ4v) is 1.70. The predicted octanol–water partition coefficient (Wildman–Crippen LogP) is 1.17. The second-order valence-electron chi connectivity index (χ2n) is 4.52. The van der Waals surface area contributed by atoms with Gasteiger partial charge in [0.2, 0.25) is 5.91 Å². The second kappa shape index (κ2) is 7.79. The lowest BCUT2D eigenvalue weighted by molar-refractivity contribution is -0.165. The molecule has 0 aliphatic rings. The van der Waals surface area contributed by atoms with Crippen LogP contribution in [0.5, 0.6) is 0 Å². The number of nitrogens with one attached hydrogen (secondary N) is 1. The lowest BCUT2D eigenvalue weighted by atomic mass is 10.1. The summed E-state index contributed by atoms with van der Waals surface area (Å²) in [7, 11) is 0. The van der Waals surface area contributed by atoms with Crippen LogP contribution >= 0.6 is 0 Å². The summed E-state index contributed by atoms with van der Waals surface area (Å²) in [5, 5.41) is 2.00. The smallest absolute Gasteiger partial charge is 0.412 e. The van der Waals surface area contributed by atoms with Gasteiger partial charge in [-0.1, -0.05) is 30.3 Å². The molecule has 0 heterocycles. The minimum Gasteiger partial charge on any atom is -0.464 e. The Bertz CT molecular complexity index is 506. The first-order valence-corrected chi connectivity index (χ1v) is 6.59. The van der Waals surface area contributed by atoms with Crippen LogP contribution in [0, 0.1) is 0 Å². The van der Waals surface area contributed by atoms with Crippen molar-refractivity contribution < 1.29 is 27.5 Å². The van der Waals surface area contributed by atoms with Crippen molar-refractivity contribution >= 4 is 11.9 Å². The highest BCUT2D eigenvalue weighted by atomic mass is 19.4. The third-order valence-electron chi connectivity index (χ3n) is 2.81. The van der Waals surface area contributed by atoms with E-state index in [9.17, 15) is 22.8 Å². The minimum absolute atomic E-state index is 0.00991. The first-order chi connectivity index (χ1) is 10.3. The van der Waals surface area contributed by atoms with Crippen LogP contribution in [0.2, 0.25) is 0 Å². The maximum atomic E-state index is 12.4. The maximum Gasteiger partial charge on any atom is 0.412 e. The Morgan fingerprint density at radius 1 is 1.27 bits per heavy atom. The van der Waals surface area contributed by atoms with Crippen LogP contribution in [0.4, 0.5) is 13.2 Å². The average molecular weight is 318 g/mol. The fraction of sp³-hybridized carbons (Fsp3) is 0.429. The number of benzene rings is 1. The molecule has 2 atom stereocenters. The first kappa shape index (κ1) is 18.0. The molecule has 0 aromatic heterocycles. The summed E-state index contributed by atoms with van der Waals surface area (Å²) in [6.07, 6.45) is -4.87. The zero-order valence-electron chi connectivity index (χ0n) is 11.9. The van der Waals surface area contributed by atoms with E-state index in [1.54, 1.807) is 37.3 Å². The Kier molecular flexibility index (Phi) is 6.36. The summed E-state index contributed by atoms with van der Waals surface area (Å²) in [5.41, 5.74) is 5.49. The molecule has 0 bridgehead atoms. The SMILES string of the molecule is CCOC(=O)[C@H](Cc1ccccc1)NC(=O)[C@H](N)C(F)(F)F. The van der Waals surface area contributed by atoms with Gasteiger partial charge in [-0.25, -0.2) is 4.79 Å². The van der Waals surface area contributed by atoms with Crippen molar-refractivity contribution in [1.82, 2.24) is 5.32 Å². The molecule has 0 fully saturated rings. The lowest BCUT2D eigenvalue weighted by Crippen LogP contribution is -2.55. The number of carbonyl (C=O) groups excluding carboxylic acids is 2. The maximum absolute atomic E-state index is 12.4. The van der Waals surface area contributed by atoms with Gasteiger partial charge < -0.3 is 15.8 Å². The molecule has 0 saturated heterocycles. The van der Waals surface area contributed by atoms with Gasteiger partial charge in [-0.05, 0) is 12.5 Å². The van der Waals surface area contributed by atoms with Crippen LogP contribution in [0.25, 0.3) is 0 Å². The molecule has 1 aromatic carbocycles. The summed E-state index contributed by atoms with van der Waals surface area (Å²) in [4.78, 5) is 23.3. The van der Waals surface area contributed by atoms with E-state index in [1.807, 2.05) is 5.32 Å². The van der Waals surface area contributed by atoms with Gasteiger partial charge >= 0.3 is 12.1 Å². The fourth-order valence-electron chi connectivity index (χ4n) is 1.70. The minimum atomic E-state index is -4.88. The van der Waals surface area contributed by atoms with Crippen molar-refractivity contribution in [3.63, 3.8) is 0 Å². The number of hydrogen-bond acceptors (Lipinski definition) is 4. The molecule has 5 nitrogen and oxygen atoms in total. The van der Waals surface area contributed by atoms with E-state index in [0.717, 1.165) is 0 Å². The number of esters is 1. The van der Waals surface area contributed by atoms with Crippen molar-refractivity contribution in [1.29, 1.82) is 0 Å². The molecule has 1 aromatic rings. The van der Waals surface area contributed by atoms with Crippen molar-refractivity contribution in [3.8, 4) is 0 Å². The number of hydrogen-bond donors (Lipinski definition) is 2. The zero-order valence-corrected chi connectivity index (χ0v) is 11.9. The number of carbonyl (C=O) groups is 2. The molecule has 0 radical (unpaired) electrons. The van der Waals surface area contributed by atoms with E-state index in [0.29, 0.717) is 5.56 Å². The molecule has 0 aliphatic carbocycles. The van der Waals surface area contributed by atoms with Gasteiger partial charge in [0.15, 0.2) is 6.04 Å². The van der Waals surface area contributed by atoms with Gasteiger partial charge in [0.05, 0.1) is 6.61 Å². The summed E-state index contributed by atoms with van der Waals surface area (Å²) in [6, 6.07) is 4.61. The predicted molar refractivity (Wildman–Crippen MR) is 72.7 cm³/mol. The van der Waals surface area contributed by atoms with Crippen LogP contribution in [0.15, 0.2) is 30.3 Å². The van der Waals surface area contributed by atoms with E-state index >= 15 is 0 Å². The molecule has 0 unspecified atom stereocenters. The number of rotatable bonds is 6. The molecule has 0 spiro atoms. The van der Waals surface area contributed by atoms with Gasteiger partial charge in [0.1, 0.15) is 6.04 Å². The molecule has 3 N–H and O–H groups in total. The Hall–Kier alpha value is -2.09. The summed E-state index contributed by atoms with van der Waals surface area (Å²) >= 11 is 0. The van der Waals surface area contributed by atoms with E-state index in [-0.39, 0.29) is 13.0 Å². The van der Waals surface area contributed by atoms with Gasteiger partial charge in [-0.2, -0.15) is 13.2 Å². The molecule has 1 amide bonds. The molecule has 122 valence electrons. The van der Waals surface area contributed by atoms with Crippen LogP contribution < -0.4 is 11.1 Å². The molecule has 22 heavy (non-hydrogen) atoms. The third kappa shape index (κ3) is 5.36. The Morgan fingerprint density at radius 3 is 2.36 bits per heavy atom. The molecule has 8 heteroatoms. The topological polar surface area (TPSA) is 81.4 Å². The zero-order chi connectivity index (χ0) is 16.8. The normalized spacial score (nSPS) is 14.0. The van der Waals surface area contributed by atoms with Crippen LogP contribution in [0.3, 0.4) is 0 Å². The summed E-state index contributed by atoms with van der Waals surface area (Å²) in [5.74, 6) is -2.28. The number of alkyl halides is 3. The highest BCUT2D eigenvalue weighted by molar-refractivity contribution is 5.88. The Morgan fingerprint density at radius 2 is 1.86 bits per heavy atom. The number of amides is 1. The molecule has 0 saturated carbocycles. The second-order valence-corrected chi connectivity index (χ2v) is 4.52. The van der Waals surface area contributed by atoms with Gasteiger partial charge in [0.25, 0.3) is 0 Å². The summed E-state index contributed by atoms with van der Waals surface area (Å²) in [6.45, 7) is 1.60. The third-order valence-corrected chi connectivity index (χ3v) is 2.81. The molecular weight excluding hydrogens is 301 g/mol. The Labute approximate surface area is 125 Å². The van der Waals surface area contributed by atoms with E-state index in [2.05, 4.69) is 0 Å². The van der Waals surface area contributed by atoms with E-state index in [1.165, 1.54) is 0 Å². The quantitative estimate of drug-likeness (QED) is 0.772. The van der Waals surface area contributed by atoms with Crippen molar-refractivity contribution in [2.45, 2.75) is 31.6 Å². The number of ether oxygens (including phenoxy) is 1. The molecular formula is C14H17F3N2O3. The van der Waals surface area contributed by atoms with Gasteiger partial charge in [0, 0.05) is 6.42 Å². The van der Waals surface area contributed by atoms with Crippen molar-refractivity contribution in [2.75, 3.05) is 6.61 Å². The van der Waals surface area contributed by atoms with Gasteiger partial charge in [-0.15, -0.1) is 0 Å². The Balaban J connectivity index is 2.82. The first-order valence-electron chi connectivity index (χ1n) is 6.59. The van der Waals surface area contributed by atoms with Crippen molar-refractivity contribution in [2.24, 2.45) is 5.73 Å². The molecule has 1 rings (SSSR count). The van der Waals surface area contributed by atoms with E-state index < -0.39 is 30.1 Å². The average Bonchev–Trinajstić information content (AvgIpc) is 2.46. The standard InChI is InChI=1S/C14H17F3N2O3/c1-2-22-13(21)10(8-9-6-4-3-5-7-9)19-12(20)11(18)14(15,16)17/h3-7,10-11H,2,8,18H2,1H3,(H,19,20)/t10-,11-/m0/s1. The monoisotopic (exact) mass is 318 g/mol. The van der Waals surface area contributed by atoms with E-state index in [4.69, 9.17) is 10.5 Å². The van der Waals surface area contributed by atoms with Crippen molar-refractivity contribution in [3.05, 3.63) is 35.9 Å². The van der Waals surface area contributed by atoms with Crippen LogP contribution in [-0.4, -0.2) is 36.7 Å². The van der Waals surface area contributed by atoms with Gasteiger partial charge in [-0.3, -0.25) is 4.79 Å². The van der Waals surface area contributed by atoms with Crippen LogP contribution in [-0.2, 0) is 20.7 Å². The largest absolute Gasteiger partial charge is 0.464 e. The number of nitrogens with two attached hydrogens (primary N) is 1. The highest BCUT2D eigenvalue weighted by Crippen LogP contribution is 2.18.